The molecule has 3 aliphatic rings. The average Bonchev–Trinajstić information content (AvgIpc) is 2.62. The number of hydrogen-bond acceptors (Lipinski definition) is 1. The van der Waals surface area contributed by atoms with E-state index in [1.807, 2.05) is 0 Å². The third kappa shape index (κ3) is 6.15. The van der Waals surface area contributed by atoms with E-state index in [0.29, 0.717) is 28.8 Å². The van der Waals surface area contributed by atoms with Crippen LogP contribution in [-0.4, -0.2) is 56.5 Å². The minimum absolute atomic E-state index is 0.568. The molecule has 3 aliphatic heterocycles. The summed E-state index contributed by atoms with van der Waals surface area (Å²) in [5, 5.41) is 0. The van der Waals surface area contributed by atoms with Crippen LogP contribution in [0.2, 0.25) is 53.1 Å². The van der Waals surface area contributed by atoms with Gasteiger partial charge in [-0.25, -0.2) is 0 Å². The molecule has 3 saturated heterocycles. The highest BCUT2D eigenvalue weighted by molar-refractivity contribution is 7.80. The summed E-state index contributed by atoms with van der Waals surface area (Å²) in [5.41, 5.74) is 1.87. The standard InChI is InChI=1S/C17H30B7S/c1-11-9-13(10-25)22-14-5-3-7-18-16(14)21-12(2)23-24-17-15(20-11)6-4-8-19-17/h11-17,25H,3-10H2,1-2H3/t11-,12?,13?,14+,15-,16?,17?/m0/s1. The van der Waals surface area contributed by atoms with E-state index in [1.165, 1.54) is 44.7 Å². The Morgan fingerprint density at radius 3 is 2.24 bits per heavy atom. The van der Waals surface area contributed by atoms with Gasteiger partial charge in [0.05, 0.1) is 21.6 Å². The van der Waals surface area contributed by atoms with Gasteiger partial charge in [-0.05, 0) is 5.75 Å². The van der Waals surface area contributed by atoms with Crippen molar-refractivity contribution in [3.8, 4) is 0 Å². The summed E-state index contributed by atoms with van der Waals surface area (Å²) < 4.78 is 0. The Morgan fingerprint density at radius 1 is 0.840 bits per heavy atom. The fourth-order valence-corrected chi connectivity index (χ4v) is 5.48. The van der Waals surface area contributed by atoms with Crippen molar-refractivity contribution in [1.29, 1.82) is 0 Å². The molecule has 0 aliphatic carbocycles. The molecule has 125 valence electrons. The molecule has 0 aromatic heterocycles. The molecule has 0 bridgehead atoms. The highest BCUT2D eigenvalue weighted by Crippen LogP contribution is 2.42. The van der Waals surface area contributed by atoms with E-state index in [2.05, 4.69) is 64.6 Å². The predicted molar refractivity (Wildman–Crippen MR) is 124 cm³/mol. The number of hydrogen-bond donors (Lipinski definition) is 1. The second kappa shape index (κ2) is 10.4. The van der Waals surface area contributed by atoms with Crippen LogP contribution in [0.4, 0.5) is 0 Å². The Hall–Kier alpha value is 0.805. The molecule has 0 N–H and O–H groups in total. The fourth-order valence-electron chi connectivity index (χ4n) is 5.21. The SMILES string of the molecule is CC1[B][B]C2[B]CCC[C@@H]2[B][C@@H](C)CC(CS)[B][C@@H]2CCC[B]C2[B]1. The van der Waals surface area contributed by atoms with Crippen LogP contribution in [0.3, 0.4) is 0 Å². The lowest BCUT2D eigenvalue weighted by Crippen LogP contribution is -2.33. The number of thiol groups is 1. The highest BCUT2D eigenvalue weighted by Gasteiger charge is 2.33. The Balaban J connectivity index is 1.71. The van der Waals surface area contributed by atoms with Crippen LogP contribution in [0.15, 0.2) is 0 Å². The Bertz CT molecular complexity index is 399. The molecular weight excluding hydrogens is 312 g/mol. The Morgan fingerprint density at radius 2 is 1.52 bits per heavy atom. The molecule has 0 nitrogen and oxygen atoms in total. The molecule has 7 radical (unpaired) electrons. The molecule has 0 aromatic carbocycles. The van der Waals surface area contributed by atoms with E-state index in [1.54, 1.807) is 0 Å². The van der Waals surface area contributed by atoms with Crippen molar-refractivity contribution in [2.24, 2.45) is 0 Å². The van der Waals surface area contributed by atoms with Crippen molar-refractivity contribution in [3.63, 3.8) is 0 Å². The van der Waals surface area contributed by atoms with E-state index >= 15 is 0 Å². The summed E-state index contributed by atoms with van der Waals surface area (Å²) in [5.74, 6) is 3.80. The van der Waals surface area contributed by atoms with Gasteiger partial charge in [0.25, 0.3) is 0 Å². The molecule has 25 heavy (non-hydrogen) atoms. The van der Waals surface area contributed by atoms with Crippen LogP contribution in [0.5, 0.6) is 0 Å². The Labute approximate surface area is 168 Å². The van der Waals surface area contributed by atoms with E-state index in [-0.39, 0.29) is 0 Å². The molecule has 0 amide bonds. The van der Waals surface area contributed by atoms with Gasteiger partial charge in [-0.15, -0.1) is 11.4 Å². The first-order valence-electron chi connectivity index (χ1n) is 10.7. The smallest absolute Gasteiger partial charge is 0.117 e. The summed E-state index contributed by atoms with van der Waals surface area (Å²) >= 11 is 4.70. The maximum atomic E-state index is 4.70. The number of rotatable bonds is 1. The first-order chi connectivity index (χ1) is 12.2. The van der Waals surface area contributed by atoms with Crippen LogP contribution in [0.25, 0.3) is 0 Å². The molecule has 3 fully saturated rings. The molecule has 8 heteroatoms. The third-order valence-corrected chi connectivity index (χ3v) is 6.99. The van der Waals surface area contributed by atoms with Gasteiger partial charge in [0.2, 0.25) is 0 Å². The lowest BCUT2D eigenvalue weighted by atomic mass is 9.14. The Kier molecular flexibility index (Phi) is 8.52. The topological polar surface area (TPSA) is 0 Å². The van der Waals surface area contributed by atoms with E-state index in [0.717, 1.165) is 17.4 Å². The summed E-state index contributed by atoms with van der Waals surface area (Å²) in [4.78, 5) is 0. The monoisotopic (exact) mass is 343 g/mol. The molecule has 3 rings (SSSR count). The first kappa shape index (κ1) is 20.5. The van der Waals surface area contributed by atoms with Gasteiger partial charge in [0.1, 0.15) is 29.1 Å². The molecule has 0 saturated carbocycles. The first-order valence-corrected chi connectivity index (χ1v) is 11.3. The molecular formula is C17H30B7S. The summed E-state index contributed by atoms with van der Waals surface area (Å²) in [6.45, 7) is 4.80. The zero-order valence-corrected chi connectivity index (χ0v) is 17.1. The van der Waals surface area contributed by atoms with Crippen LogP contribution in [-0.2, 0) is 0 Å². The van der Waals surface area contributed by atoms with Gasteiger partial charge in [0.15, 0.2) is 0 Å². The second-order valence-corrected chi connectivity index (χ2v) is 9.16. The molecule has 3 heterocycles. The van der Waals surface area contributed by atoms with Crippen molar-refractivity contribution >= 4 is 63.4 Å². The lowest BCUT2D eigenvalue weighted by molar-refractivity contribution is 0.662. The summed E-state index contributed by atoms with van der Waals surface area (Å²) in [6.07, 6.45) is 9.29. The van der Waals surface area contributed by atoms with Gasteiger partial charge < -0.3 is 0 Å². The van der Waals surface area contributed by atoms with Gasteiger partial charge in [0, 0.05) is 0 Å². The summed E-state index contributed by atoms with van der Waals surface area (Å²) in [6, 6.07) is 0. The molecule has 0 aromatic rings. The van der Waals surface area contributed by atoms with Crippen LogP contribution in [0, 0.1) is 0 Å². The van der Waals surface area contributed by atoms with Crippen molar-refractivity contribution in [2.75, 3.05) is 5.75 Å². The van der Waals surface area contributed by atoms with E-state index in [9.17, 15) is 0 Å². The van der Waals surface area contributed by atoms with E-state index < -0.39 is 0 Å². The third-order valence-electron chi connectivity index (χ3n) is 6.52. The highest BCUT2D eigenvalue weighted by atomic mass is 32.1. The van der Waals surface area contributed by atoms with Crippen molar-refractivity contribution in [2.45, 2.75) is 99.0 Å². The second-order valence-electron chi connectivity index (χ2n) is 8.79. The summed E-state index contributed by atoms with van der Waals surface area (Å²) in [7, 11) is 18.1. The molecule has 4 unspecified atom stereocenters. The zero-order valence-electron chi connectivity index (χ0n) is 16.2. The number of fused-ring (bicyclic) bond motifs is 2. The van der Waals surface area contributed by atoms with Gasteiger partial charge in [-0.2, -0.15) is 12.6 Å². The fraction of sp³-hybridized carbons (Fsp3) is 1.00. The van der Waals surface area contributed by atoms with Crippen LogP contribution in [0.1, 0.15) is 46.0 Å². The van der Waals surface area contributed by atoms with Crippen molar-refractivity contribution in [3.05, 3.63) is 0 Å². The van der Waals surface area contributed by atoms with Crippen molar-refractivity contribution in [1.82, 2.24) is 0 Å². The normalized spacial score (nSPS) is 42.3. The molecule has 7 atom stereocenters. The van der Waals surface area contributed by atoms with E-state index in [4.69, 9.17) is 12.6 Å². The average molecular weight is 342 g/mol. The quantitative estimate of drug-likeness (QED) is 0.540. The maximum Gasteiger partial charge on any atom is 0.117 e. The minimum Gasteiger partial charge on any atom is -0.180 e. The van der Waals surface area contributed by atoms with Crippen molar-refractivity contribution < 1.29 is 0 Å². The molecule has 0 spiro atoms. The lowest BCUT2D eigenvalue weighted by Gasteiger charge is -2.34. The predicted octanol–water partition coefficient (Wildman–Crippen LogP) is 4.02. The maximum absolute atomic E-state index is 4.70. The van der Waals surface area contributed by atoms with Gasteiger partial charge >= 0.3 is 0 Å². The van der Waals surface area contributed by atoms with Crippen LogP contribution < -0.4 is 0 Å². The largest absolute Gasteiger partial charge is 0.180 e. The van der Waals surface area contributed by atoms with Gasteiger partial charge in [-0.1, -0.05) is 87.6 Å². The zero-order chi connectivity index (χ0) is 17.6. The van der Waals surface area contributed by atoms with Crippen LogP contribution >= 0.6 is 12.6 Å². The minimum atomic E-state index is 0.568. The van der Waals surface area contributed by atoms with Gasteiger partial charge in [-0.3, -0.25) is 0 Å².